The van der Waals surface area contributed by atoms with Gasteiger partial charge in [-0.05, 0) is 31.7 Å². The van der Waals surface area contributed by atoms with Crippen molar-refractivity contribution in [1.82, 2.24) is 9.97 Å². The van der Waals surface area contributed by atoms with E-state index in [1.165, 1.54) is 0 Å². The smallest absolute Gasteiger partial charge is 0.223 e. The minimum Gasteiger partial charge on any atom is -0.354 e. The zero-order chi connectivity index (χ0) is 12.8. The Balaban J connectivity index is 2.59. The van der Waals surface area contributed by atoms with Crippen molar-refractivity contribution in [2.45, 2.75) is 51.3 Å². The third-order valence-electron chi connectivity index (χ3n) is 2.65. The number of halogens is 1. The third kappa shape index (κ3) is 5.02. The minimum absolute atomic E-state index is 0.441. The molecule has 1 atom stereocenters. The highest BCUT2D eigenvalue weighted by Crippen LogP contribution is 2.15. The van der Waals surface area contributed by atoms with Crippen LogP contribution in [0.2, 0.25) is 0 Å². The number of hydrogen-bond acceptors (Lipinski definition) is 3. The van der Waals surface area contributed by atoms with Crippen LogP contribution in [0, 0.1) is 6.92 Å². The molecule has 1 N–H and O–H groups in total. The van der Waals surface area contributed by atoms with Crippen molar-refractivity contribution in [3.63, 3.8) is 0 Å². The summed E-state index contributed by atoms with van der Waals surface area (Å²) in [5.41, 5.74) is 2.13. The van der Waals surface area contributed by atoms with Crippen LogP contribution in [0.4, 0.5) is 5.95 Å². The molecule has 4 heteroatoms. The van der Waals surface area contributed by atoms with Crippen LogP contribution < -0.4 is 5.32 Å². The van der Waals surface area contributed by atoms with Gasteiger partial charge in [0.1, 0.15) is 0 Å². The number of nitrogens with zero attached hydrogens (tertiary/aromatic N) is 2. The molecular weight excluding hydrogens is 278 g/mol. The summed E-state index contributed by atoms with van der Waals surface area (Å²) >= 11 is 3.62. The number of aryl methyl sites for hydroxylation is 1. The molecule has 3 nitrogen and oxygen atoms in total. The Bertz CT molecular complexity index is 353. The summed E-state index contributed by atoms with van der Waals surface area (Å²) in [7, 11) is 0. The fraction of sp³-hybridized carbons (Fsp3) is 0.692. The molecule has 0 aromatic carbocycles. The van der Waals surface area contributed by atoms with Crippen LogP contribution in [0.25, 0.3) is 0 Å². The summed E-state index contributed by atoms with van der Waals surface area (Å²) in [6.07, 6.45) is 2.23. The van der Waals surface area contributed by atoms with Crippen molar-refractivity contribution in [3.8, 4) is 0 Å². The molecule has 1 unspecified atom stereocenters. The molecule has 1 aromatic rings. The van der Waals surface area contributed by atoms with Crippen LogP contribution in [0.5, 0.6) is 0 Å². The SMILES string of the molecule is CCC(Br)CCNc1nc(C)cc(C(C)C)n1. The topological polar surface area (TPSA) is 37.8 Å². The van der Waals surface area contributed by atoms with Crippen LogP contribution in [-0.4, -0.2) is 21.3 Å². The van der Waals surface area contributed by atoms with Gasteiger partial charge in [0.2, 0.25) is 5.95 Å². The molecule has 0 aliphatic rings. The summed E-state index contributed by atoms with van der Waals surface area (Å²) in [5.74, 6) is 1.20. The number of alkyl halides is 1. The van der Waals surface area contributed by atoms with Crippen molar-refractivity contribution >= 4 is 21.9 Å². The molecule has 1 aromatic heterocycles. The van der Waals surface area contributed by atoms with Gasteiger partial charge in [0.25, 0.3) is 0 Å². The molecule has 0 aliphatic heterocycles. The van der Waals surface area contributed by atoms with Gasteiger partial charge in [-0.3, -0.25) is 0 Å². The highest BCUT2D eigenvalue weighted by Gasteiger charge is 2.06. The number of hydrogen-bond donors (Lipinski definition) is 1. The van der Waals surface area contributed by atoms with E-state index >= 15 is 0 Å². The van der Waals surface area contributed by atoms with Crippen molar-refractivity contribution < 1.29 is 0 Å². The lowest BCUT2D eigenvalue weighted by Crippen LogP contribution is -2.11. The minimum atomic E-state index is 0.441. The first-order valence-electron chi connectivity index (χ1n) is 6.26. The van der Waals surface area contributed by atoms with Crippen molar-refractivity contribution in [2.24, 2.45) is 0 Å². The molecule has 0 saturated carbocycles. The molecular formula is C13H22BrN3. The van der Waals surface area contributed by atoms with Gasteiger partial charge in [-0.2, -0.15) is 0 Å². The zero-order valence-corrected chi connectivity index (χ0v) is 12.7. The molecule has 96 valence electrons. The Labute approximate surface area is 113 Å². The predicted octanol–water partition coefficient (Wildman–Crippen LogP) is 3.88. The van der Waals surface area contributed by atoms with Gasteiger partial charge in [0.15, 0.2) is 0 Å². The van der Waals surface area contributed by atoms with Crippen molar-refractivity contribution in [2.75, 3.05) is 11.9 Å². The number of rotatable bonds is 6. The second-order valence-electron chi connectivity index (χ2n) is 4.63. The molecule has 0 aliphatic carbocycles. The second kappa shape index (κ2) is 6.94. The van der Waals surface area contributed by atoms with Crippen molar-refractivity contribution in [1.29, 1.82) is 0 Å². The van der Waals surface area contributed by atoms with Crippen LogP contribution in [0.3, 0.4) is 0 Å². The Hall–Kier alpha value is -0.640. The highest BCUT2D eigenvalue weighted by atomic mass is 79.9. The first-order chi connectivity index (χ1) is 8.02. The Morgan fingerprint density at radius 1 is 1.35 bits per heavy atom. The largest absolute Gasteiger partial charge is 0.354 e. The van der Waals surface area contributed by atoms with Crippen LogP contribution in [0.15, 0.2) is 6.07 Å². The summed E-state index contributed by atoms with van der Waals surface area (Å²) in [6, 6.07) is 2.05. The lowest BCUT2D eigenvalue weighted by molar-refractivity contribution is 0.764. The number of anilines is 1. The van der Waals surface area contributed by atoms with Gasteiger partial charge in [-0.15, -0.1) is 0 Å². The predicted molar refractivity (Wildman–Crippen MR) is 77.0 cm³/mol. The highest BCUT2D eigenvalue weighted by molar-refractivity contribution is 9.09. The van der Waals surface area contributed by atoms with E-state index in [2.05, 4.69) is 58.1 Å². The van der Waals surface area contributed by atoms with Crippen molar-refractivity contribution in [3.05, 3.63) is 17.5 Å². The maximum atomic E-state index is 4.52. The van der Waals surface area contributed by atoms with E-state index in [9.17, 15) is 0 Å². The lowest BCUT2D eigenvalue weighted by atomic mass is 10.1. The Morgan fingerprint density at radius 3 is 2.65 bits per heavy atom. The van der Waals surface area contributed by atoms with Gasteiger partial charge in [0.05, 0.1) is 0 Å². The van der Waals surface area contributed by atoms with Gasteiger partial charge < -0.3 is 5.32 Å². The average molecular weight is 300 g/mol. The summed E-state index contributed by atoms with van der Waals surface area (Å²) in [6.45, 7) is 9.40. The van der Waals surface area contributed by atoms with Gasteiger partial charge in [-0.25, -0.2) is 9.97 Å². The number of aromatic nitrogens is 2. The fourth-order valence-electron chi connectivity index (χ4n) is 1.51. The van der Waals surface area contributed by atoms with Crippen LogP contribution >= 0.6 is 15.9 Å². The van der Waals surface area contributed by atoms with E-state index in [0.29, 0.717) is 10.7 Å². The normalized spacial score (nSPS) is 12.8. The molecule has 1 heterocycles. The Morgan fingerprint density at radius 2 is 2.06 bits per heavy atom. The second-order valence-corrected chi connectivity index (χ2v) is 5.93. The zero-order valence-electron chi connectivity index (χ0n) is 11.1. The first kappa shape index (κ1) is 14.4. The molecule has 17 heavy (non-hydrogen) atoms. The molecule has 0 bridgehead atoms. The van der Waals surface area contributed by atoms with Gasteiger partial charge >= 0.3 is 0 Å². The molecule has 0 amide bonds. The molecule has 0 fully saturated rings. The maximum absolute atomic E-state index is 4.52. The monoisotopic (exact) mass is 299 g/mol. The molecule has 0 spiro atoms. The standard InChI is InChI=1S/C13H22BrN3/c1-5-11(14)6-7-15-13-16-10(4)8-12(17-13)9(2)3/h8-9,11H,5-7H2,1-4H3,(H,15,16,17). The van der Waals surface area contributed by atoms with E-state index in [4.69, 9.17) is 0 Å². The molecule has 0 saturated heterocycles. The molecule has 0 radical (unpaired) electrons. The van der Waals surface area contributed by atoms with E-state index in [1.54, 1.807) is 0 Å². The van der Waals surface area contributed by atoms with E-state index in [1.807, 2.05) is 6.92 Å². The van der Waals surface area contributed by atoms with Crippen LogP contribution in [0.1, 0.15) is 50.9 Å². The third-order valence-corrected chi connectivity index (χ3v) is 3.75. The van der Waals surface area contributed by atoms with Crippen LogP contribution in [-0.2, 0) is 0 Å². The van der Waals surface area contributed by atoms with E-state index < -0.39 is 0 Å². The van der Waals surface area contributed by atoms with E-state index in [0.717, 1.165) is 36.7 Å². The quantitative estimate of drug-likeness (QED) is 0.810. The summed E-state index contributed by atoms with van der Waals surface area (Å²) in [5, 5.41) is 3.29. The lowest BCUT2D eigenvalue weighted by Gasteiger charge is -2.11. The van der Waals surface area contributed by atoms with Gasteiger partial charge in [-0.1, -0.05) is 36.7 Å². The molecule has 1 rings (SSSR count). The maximum Gasteiger partial charge on any atom is 0.223 e. The van der Waals surface area contributed by atoms with Gasteiger partial charge in [0, 0.05) is 22.8 Å². The fourth-order valence-corrected chi connectivity index (χ4v) is 1.74. The summed E-state index contributed by atoms with van der Waals surface area (Å²) < 4.78 is 0. The van der Waals surface area contributed by atoms with E-state index in [-0.39, 0.29) is 0 Å². The number of nitrogens with one attached hydrogen (secondary N) is 1. The first-order valence-corrected chi connectivity index (χ1v) is 7.18. The Kier molecular flexibility index (Phi) is 5.89. The average Bonchev–Trinajstić information content (AvgIpc) is 2.28. The summed E-state index contributed by atoms with van der Waals surface area (Å²) in [4.78, 5) is 9.49.